The molecule has 33 heavy (non-hydrogen) atoms. The van der Waals surface area contributed by atoms with Crippen molar-refractivity contribution in [3.63, 3.8) is 0 Å². The van der Waals surface area contributed by atoms with Gasteiger partial charge in [0.05, 0.1) is 6.61 Å². The van der Waals surface area contributed by atoms with Crippen molar-refractivity contribution in [1.82, 2.24) is 10.3 Å². The lowest BCUT2D eigenvalue weighted by atomic mass is 9.98. The van der Waals surface area contributed by atoms with Gasteiger partial charge in [0.2, 0.25) is 0 Å². The van der Waals surface area contributed by atoms with Gasteiger partial charge >= 0.3 is 12.1 Å². The number of aryl methyl sites for hydroxylation is 1. The predicted octanol–water partition coefficient (Wildman–Crippen LogP) is 5.36. The first-order chi connectivity index (χ1) is 16.0. The molecule has 0 unspecified atom stereocenters. The number of hydrogen-bond donors (Lipinski definition) is 2. The molecular formula is C27H28N2O4. The van der Waals surface area contributed by atoms with Gasteiger partial charge in [-0.15, -0.1) is 0 Å². The molecule has 0 atom stereocenters. The molecule has 0 bridgehead atoms. The van der Waals surface area contributed by atoms with Crippen molar-refractivity contribution in [3.05, 3.63) is 88.2 Å². The number of fused-ring (bicyclic) bond motifs is 3. The number of carbonyl (C=O) groups excluding carboxylic acids is 2. The highest BCUT2D eigenvalue weighted by Gasteiger charge is 2.28. The Labute approximate surface area is 193 Å². The molecule has 2 aromatic carbocycles. The van der Waals surface area contributed by atoms with Gasteiger partial charge in [0.15, 0.2) is 0 Å². The van der Waals surface area contributed by atoms with E-state index < -0.39 is 6.09 Å². The number of amides is 1. The third kappa shape index (κ3) is 4.55. The van der Waals surface area contributed by atoms with Gasteiger partial charge in [-0.3, -0.25) is 0 Å². The number of H-pyrrole nitrogens is 1. The lowest BCUT2D eigenvalue weighted by Gasteiger charge is -2.14. The highest BCUT2D eigenvalue weighted by molar-refractivity contribution is 5.91. The Morgan fingerprint density at radius 3 is 2.27 bits per heavy atom. The van der Waals surface area contributed by atoms with Crippen LogP contribution in [0.2, 0.25) is 0 Å². The minimum atomic E-state index is -0.462. The molecule has 1 amide bonds. The van der Waals surface area contributed by atoms with Crippen LogP contribution in [0.25, 0.3) is 17.2 Å². The van der Waals surface area contributed by atoms with E-state index in [9.17, 15) is 9.59 Å². The number of ether oxygens (including phenoxy) is 2. The molecule has 0 radical (unpaired) electrons. The van der Waals surface area contributed by atoms with Crippen molar-refractivity contribution in [3.8, 4) is 11.1 Å². The molecule has 0 saturated carbocycles. The third-order valence-corrected chi connectivity index (χ3v) is 5.97. The van der Waals surface area contributed by atoms with E-state index >= 15 is 0 Å². The normalized spacial score (nSPS) is 12.5. The van der Waals surface area contributed by atoms with E-state index in [4.69, 9.17) is 9.47 Å². The van der Waals surface area contributed by atoms with Crippen LogP contribution < -0.4 is 5.32 Å². The van der Waals surface area contributed by atoms with Gasteiger partial charge in [-0.25, -0.2) is 9.59 Å². The monoisotopic (exact) mass is 444 g/mol. The maximum atomic E-state index is 12.3. The number of nitrogens with one attached hydrogen (secondary N) is 2. The number of carbonyl (C=O) groups is 2. The molecule has 1 aliphatic carbocycles. The first-order valence-corrected chi connectivity index (χ1v) is 11.1. The minimum Gasteiger partial charge on any atom is -0.461 e. The van der Waals surface area contributed by atoms with E-state index in [0.717, 1.165) is 16.8 Å². The topological polar surface area (TPSA) is 80.4 Å². The summed E-state index contributed by atoms with van der Waals surface area (Å²) in [6.45, 7) is 6.46. The van der Waals surface area contributed by atoms with Crippen molar-refractivity contribution in [2.45, 2.75) is 26.7 Å². The van der Waals surface area contributed by atoms with Gasteiger partial charge in [0.1, 0.15) is 12.3 Å². The quantitative estimate of drug-likeness (QED) is 0.481. The second-order valence-electron chi connectivity index (χ2n) is 7.99. The number of benzene rings is 2. The molecule has 4 rings (SSSR count). The van der Waals surface area contributed by atoms with Gasteiger partial charge in [-0.05, 0) is 54.2 Å². The van der Waals surface area contributed by atoms with Gasteiger partial charge in [0, 0.05) is 18.2 Å². The molecule has 0 fully saturated rings. The van der Waals surface area contributed by atoms with Crippen LogP contribution in [0.5, 0.6) is 0 Å². The first kappa shape index (κ1) is 22.4. The molecule has 1 aliphatic rings. The summed E-state index contributed by atoms with van der Waals surface area (Å²) in [5.41, 5.74) is 7.82. The van der Waals surface area contributed by atoms with Crippen molar-refractivity contribution in [2.24, 2.45) is 0 Å². The molecule has 3 aromatic rings. The maximum Gasteiger partial charge on any atom is 0.407 e. The van der Waals surface area contributed by atoms with Crippen LogP contribution in [0.4, 0.5) is 4.79 Å². The third-order valence-electron chi connectivity index (χ3n) is 5.97. The summed E-state index contributed by atoms with van der Waals surface area (Å²) in [6.07, 6.45) is 3.25. The lowest BCUT2D eigenvalue weighted by molar-refractivity contribution is 0.0519. The Morgan fingerprint density at radius 2 is 1.64 bits per heavy atom. The average molecular weight is 445 g/mol. The molecule has 170 valence electrons. The van der Waals surface area contributed by atoms with Crippen LogP contribution in [0.1, 0.15) is 51.3 Å². The summed E-state index contributed by atoms with van der Waals surface area (Å²) >= 11 is 0. The summed E-state index contributed by atoms with van der Waals surface area (Å²) in [4.78, 5) is 27.4. The SMILES string of the molecule is CCOC(=O)c1[nH]c(C)c(C=CCNC(=O)OCC2c3ccccc3-c3ccccc32)c1C. The second kappa shape index (κ2) is 9.77. The maximum absolute atomic E-state index is 12.3. The highest BCUT2D eigenvalue weighted by Crippen LogP contribution is 2.44. The summed E-state index contributed by atoms with van der Waals surface area (Å²) in [6, 6.07) is 16.5. The van der Waals surface area contributed by atoms with E-state index in [1.165, 1.54) is 22.3 Å². The zero-order chi connectivity index (χ0) is 23.4. The van der Waals surface area contributed by atoms with Gasteiger partial charge in [-0.1, -0.05) is 60.7 Å². The van der Waals surface area contributed by atoms with Crippen molar-refractivity contribution in [1.29, 1.82) is 0 Å². The number of aromatic nitrogens is 1. The fraction of sp³-hybridized carbons (Fsp3) is 0.259. The zero-order valence-electron chi connectivity index (χ0n) is 19.1. The molecule has 1 heterocycles. The summed E-state index contributed by atoms with van der Waals surface area (Å²) in [5, 5.41) is 2.76. The van der Waals surface area contributed by atoms with Gasteiger partial charge in [-0.2, -0.15) is 0 Å². The van der Waals surface area contributed by atoms with Crippen LogP contribution in [-0.4, -0.2) is 36.8 Å². The number of alkyl carbamates (subject to hydrolysis) is 1. The van der Waals surface area contributed by atoms with E-state index in [0.29, 0.717) is 18.8 Å². The van der Waals surface area contributed by atoms with Crippen molar-refractivity contribution >= 4 is 18.1 Å². The van der Waals surface area contributed by atoms with Crippen LogP contribution >= 0.6 is 0 Å². The number of rotatable bonds is 7. The minimum absolute atomic E-state index is 0.0325. The Bertz CT molecular complexity index is 1160. The fourth-order valence-corrected chi connectivity index (χ4v) is 4.39. The van der Waals surface area contributed by atoms with E-state index in [1.807, 2.05) is 50.3 Å². The van der Waals surface area contributed by atoms with Gasteiger partial charge < -0.3 is 19.8 Å². The Morgan fingerprint density at radius 1 is 1.00 bits per heavy atom. The van der Waals surface area contributed by atoms with Crippen LogP contribution in [0.3, 0.4) is 0 Å². The molecule has 0 saturated heterocycles. The van der Waals surface area contributed by atoms with Gasteiger partial charge in [0.25, 0.3) is 0 Å². The van der Waals surface area contributed by atoms with Crippen molar-refractivity contribution in [2.75, 3.05) is 19.8 Å². The van der Waals surface area contributed by atoms with E-state index in [1.54, 1.807) is 6.92 Å². The number of esters is 1. The Hall–Kier alpha value is -3.80. The van der Waals surface area contributed by atoms with Crippen molar-refractivity contribution < 1.29 is 19.1 Å². The molecule has 0 aliphatic heterocycles. The van der Waals surface area contributed by atoms with Crippen LogP contribution in [-0.2, 0) is 9.47 Å². The van der Waals surface area contributed by atoms with E-state index in [2.05, 4.69) is 34.6 Å². The summed E-state index contributed by atoms with van der Waals surface area (Å²) in [5.74, 6) is -0.334. The second-order valence-corrected chi connectivity index (χ2v) is 7.99. The van der Waals surface area contributed by atoms with Crippen LogP contribution in [0, 0.1) is 13.8 Å². The first-order valence-electron chi connectivity index (χ1n) is 11.1. The van der Waals surface area contributed by atoms with Crippen LogP contribution in [0.15, 0.2) is 54.6 Å². The zero-order valence-corrected chi connectivity index (χ0v) is 19.1. The summed E-state index contributed by atoms with van der Waals surface area (Å²) < 4.78 is 10.6. The molecule has 2 N–H and O–H groups in total. The smallest absolute Gasteiger partial charge is 0.407 e. The lowest BCUT2D eigenvalue weighted by Crippen LogP contribution is -2.26. The largest absolute Gasteiger partial charge is 0.461 e. The standard InChI is InChI=1S/C27H28N2O4/c1-4-32-26(30)25-17(2)19(18(3)29-25)14-9-15-28-27(31)33-16-24-22-12-7-5-10-20(22)21-11-6-8-13-23(21)24/h5-14,24,29H,4,15-16H2,1-3H3,(H,28,31). The Balaban J connectivity index is 1.33. The molecular weight excluding hydrogens is 416 g/mol. The van der Waals surface area contributed by atoms with E-state index in [-0.39, 0.29) is 18.5 Å². The summed E-state index contributed by atoms with van der Waals surface area (Å²) in [7, 11) is 0. The Kier molecular flexibility index (Phi) is 6.63. The number of aromatic amines is 1. The molecule has 6 nitrogen and oxygen atoms in total. The predicted molar refractivity (Wildman–Crippen MR) is 128 cm³/mol. The highest BCUT2D eigenvalue weighted by atomic mass is 16.5. The molecule has 0 spiro atoms. The average Bonchev–Trinajstić information content (AvgIpc) is 3.29. The molecule has 1 aromatic heterocycles. The number of hydrogen-bond acceptors (Lipinski definition) is 4. The molecule has 6 heteroatoms. The fourth-order valence-electron chi connectivity index (χ4n) is 4.39.